The van der Waals surface area contributed by atoms with Gasteiger partial charge in [-0.15, -0.1) is 0 Å². The first-order valence-corrected chi connectivity index (χ1v) is 10.5. The van der Waals surface area contributed by atoms with E-state index in [2.05, 4.69) is 11.8 Å². The van der Waals surface area contributed by atoms with Gasteiger partial charge in [0.05, 0.1) is 11.9 Å². The van der Waals surface area contributed by atoms with Crippen LogP contribution in [0.3, 0.4) is 0 Å². The molecule has 138 valence electrons. The van der Waals surface area contributed by atoms with Crippen LogP contribution in [0.15, 0.2) is 48.5 Å². The van der Waals surface area contributed by atoms with Crippen LogP contribution in [0.25, 0.3) is 0 Å². The van der Waals surface area contributed by atoms with Gasteiger partial charge in [-0.05, 0) is 24.3 Å². The number of hydrogen-bond acceptors (Lipinski definition) is 3. The lowest BCUT2D eigenvalue weighted by Gasteiger charge is -2.19. The van der Waals surface area contributed by atoms with E-state index in [-0.39, 0.29) is 11.3 Å². The molecule has 3 N–H and O–H groups in total. The molecule has 2 aromatic rings. The topological polar surface area (TPSA) is 104 Å². The van der Waals surface area contributed by atoms with Crippen LogP contribution in [-0.4, -0.2) is 24.5 Å². The predicted octanol–water partition coefficient (Wildman–Crippen LogP) is 2.68. The number of rotatable bonds is 4. The molecule has 0 saturated heterocycles. The van der Waals surface area contributed by atoms with Crippen molar-refractivity contribution in [2.24, 2.45) is 0 Å². The number of alkyl halides is 2. The summed E-state index contributed by atoms with van der Waals surface area (Å²) in [7, 11) is -9.62. The fraction of sp³-hybridized carbons (Fsp3) is 0.125. The monoisotopic (exact) mass is 401 g/mol. The van der Waals surface area contributed by atoms with Crippen molar-refractivity contribution in [2.45, 2.75) is 5.66 Å². The largest absolute Gasteiger partial charge is 0.399 e. The lowest BCUT2D eigenvalue weighted by molar-refractivity contribution is 0.0565. The van der Waals surface area contributed by atoms with Crippen molar-refractivity contribution in [3.8, 4) is 11.8 Å². The first kappa shape index (κ1) is 20.1. The average molecular weight is 401 g/mol. The van der Waals surface area contributed by atoms with Crippen LogP contribution in [-0.2, 0) is 20.3 Å². The SMILES string of the molecule is CS(=O)(=O)Nc1cc(C(F)(F)P(=O)(O)O)ccc1C#Cc1ccccc1. The second-order valence-corrected chi connectivity index (χ2v) is 8.73. The second kappa shape index (κ2) is 7.17. The van der Waals surface area contributed by atoms with Gasteiger partial charge in [-0.1, -0.05) is 36.1 Å². The normalized spacial score (nSPS) is 12.2. The maximum absolute atomic E-state index is 13.9. The fourth-order valence-corrected chi connectivity index (χ4v) is 3.00. The molecule has 0 aromatic heterocycles. The smallest absolute Gasteiger partial charge is 0.320 e. The van der Waals surface area contributed by atoms with Crippen molar-refractivity contribution in [3.05, 3.63) is 65.2 Å². The first-order valence-electron chi connectivity index (χ1n) is 7.03. The Hall–Kier alpha value is -2.24. The van der Waals surface area contributed by atoms with Gasteiger partial charge in [0.1, 0.15) is 0 Å². The molecule has 0 bridgehead atoms. The van der Waals surface area contributed by atoms with Crippen LogP contribution in [0.1, 0.15) is 16.7 Å². The standard InChI is InChI=1S/C16H14F2NO5PS/c1-26(23,24)19-15-11-14(16(17,18)25(20,21)22)10-9-13(15)8-7-12-5-3-2-4-6-12/h2-6,9-11,19H,1H3,(H2,20,21,22). The number of benzene rings is 2. The van der Waals surface area contributed by atoms with Crippen LogP contribution < -0.4 is 4.72 Å². The van der Waals surface area contributed by atoms with Crippen molar-refractivity contribution in [3.63, 3.8) is 0 Å². The minimum absolute atomic E-state index is 0.0736. The summed E-state index contributed by atoms with van der Waals surface area (Å²) in [6.45, 7) is 0. The van der Waals surface area contributed by atoms with E-state index in [9.17, 15) is 21.8 Å². The van der Waals surface area contributed by atoms with Crippen LogP contribution in [0, 0.1) is 11.8 Å². The van der Waals surface area contributed by atoms with Crippen LogP contribution in [0.5, 0.6) is 0 Å². The van der Waals surface area contributed by atoms with Gasteiger partial charge in [-0.3, -0.25) is 9.29 Å². The molecule has 0 amide bonds. The van der Waals surface area contributed by atoms with Crippen molar-refractivity contribution < 1.29 is 31.6 Å². The van der Waals surface area contributed by atoms with Gasteiger partial charge in [0.25, 0.3) is 0 Å². The van der Waals surface area contributed by atoms with Crippen molar-refractivity contribution in [2.75, 3.05) is 11.0 Å². The van der Waals surface area contributed by atoms with Gasteiger partial charge in [0.15, 0.2) is 0 Å². The molecule has 0 unspecified atom stereocenters. The Labute approximate surface area is 149 Å². The Bertz CT molecular complexity index is 1020. The van der Waals surface area contributed by atoms with Crippen LogP contribution in [0.4, 0.5) is 14.5 Å². The number of sulfonamides is 1. The van der Waals surface area contributed by atoms with E-state index in [1.807, 2.05) is 4.72 Å². The highest BCUT2D eigenvalue weighted by Crippen LogP contribution is 2.59. The zero-order valence-electron chi connectivity index (χ0n) is 13.3. The van der Waals surface area contributed by atoms with E-state index in [4.69, 9.17) is 9.79 Å². The molecular weight excluding hydrogens is 387 g/mol. The Morgan fingerprint density at radius 2 is 1.69 bits per heavy atom. The Kier molecular flexibility index (Phi) is 5.54. The van der Waals surface area contributed by atoms with E-state index >= 15 is 0 Å². The zero-order chi connectivity index (χ0) is 19.6. The summed E-state index contributed by atoms with van der Waals surface area (Å²) in [4.78, 5) is 17.7. The number of anilines is 1. The highest BCUT2D eigenvalue weighted by molar-refractivity contribution is 7.92. The molecule has 0 aliphatic rings. The third-order valence-corrected chi connectivity index (χ3v) is 4.72. The summed E-state index contributed by atoms with van der Waals surface area (Å²) in [5, 5.41) is 0. The summed E-state index contributed by atoms with van der Waals surface area (Å²) >= 11 is 0. The summed E-state index contributed by atoms with van der Waals surface area (Å²) in [5.41, 5.74) is -5.11. The lowest BCUT2D eigenvalue weighted by atomic mass is 10.1. The summed E-state index contributed by atoms with van der Waals surface area (Å²) < 4.78 is 63.8. The maximum Gasteiger partial charge on any atom is 0.399 e. The van der Waals surface area contributed by atoms with E-state index in [0.717, 1.165) is 18.4 Å². The second-order valence-electron chi connectivity index (χ2n) is 5.34. The molecule has 10 heteroatoms. The van der Waals surface area contributed by atoms with Gasteiger partial charge < -0.3 is 9.79 Å². The molecule has 0 aliphatic heterocycles. The van der Waals surface area contributed by atoms with Gasteiger partial charge in [-0.25, -0.2) is 8.42 Å². The summed E-state index contributed by atoms with van der Waals surface area (Å²) in [6, 6.07) is 11.2. The van der Waals surface area contributed by atoms with Gasteiger partial charge in [0.2, 0.25) is 10.0 Å². The Morgan fingerprint density at radius 1 is 1.08 bits per heavy atom. The molecular formula is C16H14F2NO5PS. The van der Waals surface area contributed by atoms with Crippen LogP contribution in [0.2, 0.25) is 0 Å². The number of nitrogens with one attached hydrogen (secondary N) is 1. The molecule has 0 radical (unpaired) electrons. The third kappa shape index (κ3) is 4.90. The predicted molar refractivity (Wildman–Crippen MR) is 93.3 cm³/mol. The average Bonchev–Trinajstić information content (AvgIpc) is 2.52. The summed E-state index contributed by atoms with van der Waals surface area (Å²) in [6.07, 6.45) is 0.815. The minimum atomic E-state index is -5.79. The number of halogens is 2. The van der Waals surface area contributed by atoms with Gasteiger partial charge >= 0.3 is 13.3 Å². The Balaban J connectivity index is 2.56. The fourth-order valence-electron chi connectivity index (χ4n) is 1.95. The molecule has 6 nitrogen and oxygen atoms in total. The molecule has 2 rings (SSSR count). The molecule has 26 heavy (non-hydrogen) atoms. The maximum atomic E-state index is 13.9. The summed E-state index contributed by atoms with van der Waals surface area (Å²) in [5.74, 6) is 5.40. The van der Waals surface area contributed by atoms with E-state index in [1.54, 1.807) is 30.3 Å². The molecule has 0 spiro atoms. The van der Waals surface area contributed by atoms with Crippen molar-refractivity contribution in [1.29, 1.82) is 0 Å². The van der Waals surface area contributed by atoms with Crippen molar-refractivity contribution >= 4 is 23.3 Å². The molecule has 0 saturated carbocycles. The molecule has 0 atom stereocenters. The molecule has 0 heterocycles. The highest BCUT2D eigenvalue weighted by Gasteiger charge is 2.50. The minimum Gasteiger partial charge on any atom is -0.320 e. The number of hydrogen-bond donors (Lipinski definition) is 3. The van der Waals surface area contributed by atoms with Crippen molar-refractivity contribution in [1.82, 2.24) is 0 Å². The molecule has 2 aromatic carbocycles. The van der Waals surface area contributed by atoms with E-state index < -0.39 is 28.8 Å². The van der Waals surface area contributed by atoms with Gasteiger partial charge in [0, 0.05) is 16.7 Å². The van der Waals surface area contributed by atoms with Gasteiger partial charge in [-0.2, -0.15) is 8.78 Å². The third-order valence-electron chi connectivity index (χ3n) is 3.14. The van der Waals surface area contributed by atoms with E-state index in [1.165, 1.54) is 0 Å². The lowest BCUT2D eigenvalue weighted by Crippen LogP contribution is -2.16. The zero-order valence-corrected chi connectivity index (χ0v) is 15.1. The molecule has 0 fully saturated rings. The van der Waals surface area contributed by atoms with Crippen LogP contribution >= 0.6 is 7.60 Å². The van der Waals surface area contributed by atoms with E-state index in [0.29, 0.717) is 11.6 Å². The Morgan fingerprint density at radius 3 is 2.23 bits per heavy atom. The quantitative estimate of drug-likeness (QED) is 0.540. The first-order chi connectivity index (χ1) is 11.9. The highest BCUT2D eigenvalue weighted by atomic mass is 32.2. The molecule has 0 aliphatic carbocycles.